The average molecular weight is 116 g/mol. The summed E-state index contributed by atoms with van der Waals surface area (Å²) in [5, 5.41) is 0. The molecular formula is C8H13Li. The molecule has 9 heavy (non-hydrogen) atoms. The Morgan fingerprint density at radius 1 is 1.33 bits per heavy atom. The summed E-state index contributed by atoms with van der Waals surface area (Å²) >= 11 is 0. The fourth-order valence-electron chi connectivity index (χ4n) is 0.371. The van der Waals surface area contributed by atoms with E-state index in [1.54, 1.807) is 0 Å². The largest absolute Gasteiger partial charge is 1.00 e. The molecule has 0 aromatic rings. The minimum Gasteiger partial charge on any atom is -0.327 e. The number of hydrogen-bond donors (Lipinski definition) is 0. The van der Waals surface area contributed by atoms with Crippen LogP contribution in [0.4, 0.5) is 0 Å². The summed E-state index contributed by atoms with van der Waals surface area (Å²) in [5.74, 6) is 5.99. The van der Waals surface area contributed by atoms with E-state index in [1.807, 2.05) is 6.42 Å². The third-order valence-corrected chi connectivity index (χ3v) is 0.783. The first-order valence-corrected chi connectivity index (χ1v) is 3.21. The van der Waals surface area contributed by atoms with Gasteiger partial charge in [-0.05, 0) is 0 Å². The summed E-state index contributed by atoms with van der Waals surface area (Å²) in [5.41, 5.74) is 0. The first kappa shape index (κ1) is 11.8. The van der Waals surface area contributed by atoms with Crippen molar-refractivity contribution in [2.45, 2.75) is 33.1 Å². The van der Waals surface area contributed by atoms with Crippen molar-refractivity contribution >= 4 is 0 Å². The van der Waals surface area contributed by atoms with Crippen LogP contribution in [-0.2, 0) is 0 Å². The van der Waals surface area contributed by atoms with Crippen molar-refractivity contribution in [3.05, 3.63) is 6.42 Å². The molecule has 0 bridgehead atoms. The first-order chi connectivity index (χ1) is 3.91. The van der Waals surface area contributed by atoms with Gasteiger partial charge in [0.15, 0.2) is 0 Å². The van der Waals surface area contributed by atoms with Gasteiger partial charge in [-0.25, -0.2) is 0 Å². The molecule has 46 valence electrons. The summed E-state index contributed by atoms with van der Waals surface area (Å²) in [6.07, 6.45) is 5.27. The molecule has 0 heterocycles. The molecule has 0 N–H and O–H groups in total. The van der Waals surface area contributed by atoms with Crippen LogP contribution in [0.5, 0.6) is 0 Å². The van der Waals surface area contributed by atoms with Crippen LogP contribution in [0.15, 0.2) is 0 Å². The normalized spacial score (nSPS) is 6.44. The van der Waals surface area contributed by atoms with Crippen molar-refractivity contribution in [3.8, 4) is 11.8 Å². The van der Waals surface area contributed by atoms with Gasteiger partial charge in [0.25, 0.3) is 0 Å². The maximum Gasteiger partial charge on any atom is 1.00 e. The Balaban J connectivity index is 0. The van der Waals surface area contributed by atoms with E-state index >= 15 is 0 Å². The van der Waals surface area contributed by atoms with Crippen LogP contribution in [0.25, 0.3) is 0 Å². The smallest absolute Gasteiger partial charge is 0.327 e. The fourth-order valence-corrected chi connectivity index (χ4v) is 0.371. The third kappa shape index (κ3) is 11.5. The van der Waals surface area contributed by atoms with Crippen LogP contribution < -0.4 is 18.9 Å². The molecule has 0 fully saturated rings. The van der Waals surface area contributed by atoms with E-state index in [2.05, 4.69) is 25.7 Å². The Morgan fingerprint density at radius 3 is 2.44 bits per heavy atom. The summed E-state index contributed by atoms with van der Waals surface area (Å²) in [7, 11) is 0. The predicted molar refractivity (Wildman–Crippen MR) is 37.3 cm³/mol. The molecule has 0 saturated carbocycles. The van der Waals surface area contributed by atoms with Gasteiger partial charge in [-0.15, -0.1) is 0 Å². The third-order valence-electron chi connectivity index (χ3n) is 0.783. The molecule has 0 atom stereocenters. The standard InChI is InChI=1S/C8H13.Li/c1-3-5-7-8-6-4-2;/h5H,3-4,6H2,1-2H3;/q-1;+1. The van der Waals surface area contributed by atoms with Gasteiger partial charge in [-0.3, -0.25) is 5.92 Å². The van der Waals surface area contributed by atoms with E-state index in [1.165, 1.54) is 6.42 Å². The van der Waals surface area contributed by atoms with Crippen molar-refractivity contribution < 1.29 is 18.9 Å². The van der Waals surface area contributed by atoms with Crippen LogP contribution >= 0.6 is 0 Å². The first-order valence-electron chi connectivity index (χ1n) is 3.21. The van der Waals surface area contributed by atoms with E-state index < -0.39 is 0 Å². The van der Waals surface area contributed by atoms with E-state index in [4.69, 9.17) is 0 Å². The molecular weight excluding hydrogens is 103 g/mol. The Bertz CT molecular complexity index is 76.5. The van der Waals surface area contributed by atoms with Crippen molar-refractivity contribution in [2.75, 3.05) is 0 Å². The summed E-state index contributed by atoms with van der Waals surface area (Å²) < 4.78 is 0. The molecule has 0 amide bonds. The molecule has 0 aromatic heterocycles. The maximum atomic E-state index is 3.03. The summed E-state index contributed by atoms with van der Waals surface area (Å²) in [6.45, 7) is 4.24. The van der Waals surface area contributed by atoms with Gasteiger partial charge in [0, 0.05) is 0 Å². The number of rotatable bonds is 2. The molecule has 0 aliphatic rings. The Labute approximate surface area is 70.6 Å². The zero-order chi connectivity index (χ0) is 6.24. The number of unbranched alkanes of at least 4 members (excludes halogenated alkanes) is 2. The fraction of sp³-hybridized carbons (Fsp3) is 0.625. The SMILES string of the molecule is CC[CH-]C#CCCC.[Li+]. The van der Waals surface area contributed by atoms with Gasteiger partial charge >= 0.3 is 18.9 Å². The maximum absolute atomic E-state index is 3.03. The molecule has 1 heteroatoms. The van der Waals surface area contributed by atoms with E-state index in [9.17, 15) is 0 Å². The van der Waals surface area contributed by atoms with Crippen molar-refractivity contribution in [1.82, 2.24) is 0 Å². The van der Waals surface area contributed by atoms with Crippen molar-refractivity contribution in [3.63, 3.8) is 0 Å². The molecule has 0 unspecified atom stereocenters. The van der Waals surface area contributed by atoms with Crippen LogP contribution in [0.3, 0.4) is 0 Å². The van der Waals surface area contributed by atoms with Crippen LogP contribution in [0, 0.1) is 18.3 Å². The van der Waals surface area contributed by atoms with Crippen LogP contribution in [-0.4, -0.2) is 0 Å². The molecule has 0 saturated heterocycles. The van der Waals surface area contributed by atoms with Gasteiger partial charge in [-0.1, -0.05) is 33.1 Å². The monoisotopic (exact) mass is 116 g/mol. The van der Waals surface area contributed by atoms with Gasteiger partial charge < -0.3 is 5.92 Å². The zero-order valence-corrected chi connectivity index (χ0v) is 6.70. The molecule has 0 rings (SSSR count). The van der Waals surface area contributed by atoms with Gasteiger partial charge in [0.05, 0.1) is 0 Å². The average Bonchev–Trinajstić information content (AvgIpc) is 1.81. The molecule has 0 aliphatic carbocycles. The Kier molecular flexibility index (Phi) is 14.3. The zero-order valence-electron chi connectivity index (χ0n) is 6.70. The second-order valence-corrected chi connectivity index (χ2v) is 1.68. The molecule has 0 nitrogen and oxygen atoms in total. The summed E-state index contributed by atoms with van der Waals surface area (Å²) in [6, 6.07) is 0. The Hall–Kier alpha value is 0.0274. The molecule has 0 aromatic carbocycles. The molecule has 0 spiro atoms. The second-order valence-electron chi connectivity index (χ2n) is 1.68. The second kappa shape index (κ2) is 10.9. The minimum atomic E-state index is 0. The minimum absolute atomic E-state index is 0. The molecule has 0 radical (unpaired) electrons. The van der Waals surface area contributed by atoms with Crippen molar-refractivity contribution in [1.29, 1.82) is 0 Å². The van der Waals surface area contributed by atoms with E-state index in [-0.39, 0.29) is 18.9 Å². The number of hydrogen-bond acceptors (Lipinski definition) is 0. The quantitative estimate of drug-likeness (QED) is 0.257. The van der Waals surface area contributed by atoms with E-state index in [0.717, 1.165) is 12.8 Å². The van der Waals surface area contributed by atoms with Gasteiger partial charge in [0.1, 0.15) is 0 Å². The molecule has 0 aliphatic heterocycles. The Morgan fingerprint density at radius 2 is 2.00 bits per heavy atom. The van der Waals surface area contributed by atoms with Crippen molar-refractivity contribution in [2.24, 2.45) is 0 Å². The summed E-state index contributed by atoms with van der Waals surface area (Å²) in [4.78, 5) is 0. The predicted octanol–water partition coefficient (Wildman–Crippen LogP) is -0.592. The van der Waals surface area contributed by atoms with Crippen LogP contribution in [0.1, 0.15) is 33.1 Å². The topological polar surface area (TPSA) is 0 Å². The van der Waals surface area contributed by atoms with Crippen LogP contribution in [0.2, 0.25) is 0 Å². The van der Waals surface area contributed by atoms with Gasteiger partial charge in [0.2, 0.25) is 0 Å². The van der Waals surface area contributed by atoms with E-state index in [0.29, 0.717) is 0 Å². The van der Waals surface area contributed by atoms with Gasteiger partial charge in [-0.2, -0.15) is 6.42 Å².